The number of phenolic OH excluding ortho intramolecular Hbond substituents is 1. The fourth-order valence-electron chi connectivity index (χ4n) is 8.07. The average molecular weight is 735 g/mol. The van der Waals surface area contributed by atoms with Crippen LogP contribution in [0.3, 0.4) is 0 Å². The van der Waals surface area contributed by atoms with E-state index < -0.39 is 11.6 Å². The van der Waals surface area contributed by atoms with Crippen molar-refractivity contribution in [2.45, 2.75) is 63.8 Å². The van der Waals surface area contributed by atoms with E-state index in [9.17, 15) is 9.90 Å². The van der Waals surface area contributed by atoms with Crippen molar-refractivity contribution < 1.29 is 74.8 Å². The molecule has 0 radical (unpaired) electrons. The standard InChI is InChI=1S/C39H43F2N7O3.K/c1-3-15-46(18-7-10-31(42)37(50)47-16-5-6-17-47)36-29-23-43-34(28-22-26(49)21-25-11-12-30(40)27(4-2)32(25)28)33(41)35(29)44-38(45-36)51-24-39-13-8-19-48(39)20-9-14-39;/h10-12,21-23,42,49H,1,3-6,8-9,13-20,24H2,2H3;/q-2;+1. The Bertz CT molecular complexity index is 2010. The van der Waals surface area contributed by atoms with Gasteiger partial charge in [-0.25, -0.2) is 14.9 Å². The summed E-state index contributed by atoms with van der Waals surface area (Å²) in [5, 5.41) is 20.3. The summed E-state index contributed by atoms with van der Waals surface area (Å²) in [4.78, 5) is 32.6. The molecule has 2 N–H and O–H groups in total. The Kier molecular flexibility index (Phi) is 12.3. The first kappa shape index (κ1) is 38.6. The molecule has 268 valence electrons. The summed E-state index contributed by atoms with van der Waals surface area (Å²) in [7, 11) is 0. The van der Waals surface area contributed by atoms with Gasteiger partial charge in [0, 0.05) is 24.8 Å². The van der Waals surface area contributed by atoms with E-state index >= 15 is 8.78 Å². The molecule has 13 heteroatoms. The number of rotatable bonds is 12. The Labute approximate surface area is 345 Å². The van der Waals surface area contributed by atoms with Crippen LogP contribution in [-0.4, -0.2) is 92.9 Å². The molecule has 1 amide bonds. The normalized spacial score (nSPS) is 16.9. The minimum absolute atomic E-state index is 0. The SMILES string of the molecule is [CH2-]CCN(C[C-]=CC(=N)C(=O)N1CCCC1)c1nc(OCC23CCCN2CCC3)nc2c(F)c(-c3cc(O)cc4ccc(F)c(CC)c34)ncc12.[K+]. The first-order valence-electron chi connectivity index (χ1n) is 17.9. The number of amides is 1. The number of aromatic nitrogens is 3. The quantitative estimate of drug-likeness (QED) is 0.129. The van der Waals surface area contributed by atoms with E-state index in [2.05, 4.69) is 27.9 Å². The molecule has 0 unspecified atom stereocenters. The van der Waals surface area contributed by atoms with Gasteiger partial charge in [0.05, 0.1) is 10.9 Å². The van der Waals surface area contributed by atoms with Crippen LogP contribution in [0.4, 0.5) is 14.6 Å². The number of carbonyl (C=O) groups is 1. The van der Waals surface area contributed by atoms with Crippen LogP contribution in [0.2, 0.25) is 0 Å². The fraction of sp³-hybridized carbons (Fsp3) is 0.436. The molecule has 52 heavy (non-hydrogen) atoms. The number of nitrogens with zero attached hydrogens (tertiary/aromatic N) is 6. The maximum Gasteiger partial charge on any atom is 1.00 e. The summed E-state index contributed by atoms with van der Waals surface area (Å²) in [5.74, 6) is -1.26. The predicted molar refractivity (Wildman–Crippen MR) is 193 cm³/mol. The molecule has 5 heterocycles. The monoisotopic (exact) mass is 734 g/mol. The van der Waals surface area contributed by atoms with E-state index in [4.69, 9.17) is 15.1 Å². The van der Waals surface area contributed by atoms with E-state index in [0.717, 1.165) is 51.6 Å². The molecule has 0 bridgehead atoms. The van der Waals surface area contributed by atoms with Crippen molar-refractivity contribution in [3.8, 4) is 23.0 Å². The van der Waals surface area contributed by atoms with Gasteiger partial charge in [0.1, 0.15) is 35.2 Å². The zero-order chi connectivity index (χ0) is 35.7. The number of aryl methyl sites for hydroxylation is 1. The minimum Gasteiger partial charge on any atom is -0.508 e. The number of phenols is 1. The topological polar surface area (TPSA) is 119 Å². The molecule has 0 atom stereocenters. The van der Waals surface area contributed by atoms with Gasteiger partial charge in [0.15, 0.2) is 11.7 Å². The number of pyridine rings is 1. The second-order valence-corrected chi connectivity index (χ2v) is 13.7. The average Bonchev–Trinajstić information content (AvgIpc) is 3.89. The summed E-state index contributed by atoms with van der Waals surface area (Å²) >= 11 is 0. The van der Waals surface area contributed by atoms with Crippen LogP contribution in [-0.2, 0) is 11.2 Å². The zero-order valence-corrected chi connectivity index (χ0v) is 33.1. The third kappa shape index (κ3) is 7.49. The van der Waals surface area contributed by atoms with Crippen LogP contribution in [0, 0.1) is 30.0 Å². The number of likely N-dealkylation sites (tertiary alicyclic amines) is 1. The molecule has 3 aliphatic heterocycles. The van der Waals surface area contributed by atoms with Gasteiger partial charge in [0.2, 0.25) is 0 Å². The van der Waals surface area contributed by atoms with Crippen LogP contribution in [0.15, 0.2) is 36.5 Å². The van der Waals surface area contributed by atoms with E-state index in [-0.39, 0.29) is 104 Å². The van der Waals surface area contributed by atoms with Crippen molar-refractivity contribution in [2.24, 2.45) is 0 Å². The van der Waals surface area contributed by atoms with Crippen LogP contribution in [0.1, 0.15) is 57.4 Å². The Morgan fingerprint density at radius 2 is 1.88 bits per heavy atom. The molecular weight excluding hydrogens is 692 g/mol. The summed E-state index contributed by atoms with van der Waals surface area (Å²) in [6.07, 6.45) is 12.8. The van der Waals surface area contributed by atoms with E-state index in [1.807, 2.05) is 11.8 Å². The van der Waals surface area contributed by atoms with Gasteiger partial charge in [0.25, 0.3) is 0 Å². The largest absolute Gasteiger partial charge is 1.00 e. The van der Waals surface area contributed by atoms with Gasteiger partial charge in [-0.2, -0.15) is 16.4 Å². The van der Waals surface area contributed by atoms with Gasteiger partial charge in [-0.05, 0) is 111 Å². The first-order valence-corrected chi connectivity index (χ1v) is 17.9. The molecule has 10 nitrogen and oxygen atoms in total. The molecule has 2 aromatic heterocycles. The van der Waals surface area contributed by atoms with Crippen molar-refractivity contribution in [2.75, 3.05) is 50.8 Å². The number of nitrogens with one attached hydrogen (secondary N) is 1. The fourth-order valence-corrected chi connectivity index (χ4v) is 8.07. The van der Waals surface area contributed by atoms with Crippen LogP contribution >= 0.6 is 0 Å². The number of aromatic hydroxyl groups is 1. The Balaban J connectivity index is 0.00000464. The Hall–Kier alpha value is -3.07. The minimum atomic E-state index is -0.757. The second-order valence-electron chi connectivity index (χ2n) is 13.7. The number of hydrogen-bond acceptors (Lipinski definition) is 9. The number of halogens is 2. The van der Waals surface area contributed by atoms with E-state index in [1.54, 1.807) is 11.0 Å². The summed E-state index contributed by atoms with van der Waals surface area (Å²) in [6, 6.07) is 5.85. The smallest absolute Gasteiger partial charge is 0.508 e. The molecule has 3 saturated heterocycles. The molecule has 4 aromatic rings. The molecule has 2 aromatic carbocycles. The van der Waals surface area contributed by atoms with Gasteiger partial charge < -0.3 is 32.0 Å². The molecule has 0 aliphatic carbocycles. The van der Waals surface area contributed by atoms with Crippen molar-refractivity contribution in [3.63, 3.8) is 0 Å². The Morgan fingerprint density at radius 3 is 2.60 bits per heavy atom. The maximum atomic E-state index is 17.0. The van der Waals surface area contributed by atoms with Crippen LogP contribution in [0.25, 0.3) is 32.9 Å². The number of ether oxygens (including phenoxy) is 1. The molecule has 3 fully saturated rings. The molecule has 0 saturated carbocycles. The van der Waals surface area contributed by atoms with Crippen molar-refractivity contribution in [1.82, 2.24) is 24.8 Å². The van der Waals surface area contributed by atoms with Gasteiger partial charge >= 0.3 is 57.4 Å². The van der Waals surface area contributed by atoms with E-state index in [1.165, 1.54) is 30.5 Å². The van der Waals surface area contributed by atoms with Crippen molar-refractivity contribution >= 4 is 39.1 Å². The third-order valence-corrected chi connectivity index (χ3v) is 10.6. The summed E-state index contributed by atoms with van der Waals surface area (Å²) in [6.45, 7) is 10.1. The van der Waals surface area contributed by atoms with Gasteiger partial charge in [-0.3, -0.25) is 20.8 Å². The number of fused-ring (bicyclic) bond motifs is 3. The van der Waals surface area contributed by atoms with Gasteiger partial charge in [-0.1, -0.05) is 13.0 Å². The zero-order valence-electron chi connectivity index (χ0n) is 30.0. The number of anilines is 1. The molecular formula is C39H43F2KN7O3-. The van der Waals surface area contributed by atoms with Gasteiger partial charge in [-0.15, -0.1) is 0 Å². The summed E-state index contributed by atoms with van der Waals surface area (Å²) < 4.78 is 38.4. The van der Waals surface area contributed by atoms with E-state index in [0.29, 0.717) is 66.6 Å². The predicted octanol–water partition coefficient (Wildman–Crippen LogP) is 3.43. The number of carbonyl (C=O) groups excluding carboxylic acids is 1. The summed E-state index contributed by atoms with van der Waals surface area (Å²) in [5.41, 5.74) is 0.270. The number of hydrogen-bond donors (Lipinski definition) is 2. The van der Waals surface area contributed by atoms with Crippen LogP contribution in [0.5, 0.6) is 11.8 Å². The van der Waals surface area contributed by atoms with Crippen molar-refractivity contribution in [1.29, 1.82) is 5.41 Å². The molecule has 3 aliphatic rings. The Morgan fingerprint density at radius 1 is 1.13 bits per heavy atom. The first-order chi connectivity index (χ1) is 24.7. The second kappa shape index (κ2) is 16.5. The molecule has 7 rings (SSSR count). The third-order valence-electron chi connectivity index (χ3n) is 10.6. The van der Waals surface area contributed by atoms with Crippen LogP contribution < -0.4 is 61.0 Å². The number of benzene rings is 2. The maximum absolute atomic E-state index is 17.0. The van der Waals surface area contributed by atoms with Crippen molar-refractivity contribution in [3.05, 3.63) is 66.7 Å². The molecule has 0 spiro atoms.